The van der Waals surface area contributed by atoms with E-state index in [4.69, 9.17) is 15.2 Å². The fraction of sp³-hybridized carbons (Fsp3) is 0.571. The van der Waals surface area contributed by atoms with Crippen LogP contribution in [0, 0.1) is 0 Å². The first-order valence-electron chi connectivity index (χ1n) is 6.41. The van der Waals surface area contributed by atoms with Crippen molar-refractivity contribution < 1.29 is 9.47 Å². The number of thioether (sulfide) groups is 1. The molecule has 0 aliphatic carbocycles. The summed E-state index contributed by atoms with van der Waals surface area (Å²) in [5.74, 6) is 0.779. The third-order valence-corrected chi connectivity index (χ3v) is 4.51. The Bertz CT molecular complexity index is 409. The standard InChI is InChI=1S/C14H21NO2S/c1-9(2)17-11-5-4-6-13(14(11)15)18-12-7-8-16-10(12)3/h4-6,9-10,12H,7-8,15H2,1-3H3. The molecule has 1 aromatic carbocycles. The monoisotopic (exact) mass is 267 g/mol. The molecule has 2 rings (SSSR count). The SMILES string of the molecule is CC(C)Oc1cccc(SC2CCOC2C)c1N. The van der Waals surface area contributed by atoms with Gasteiger partial charge in [-0.2, -0.15) is 0 Å². The molecule has 0 amide bonds. The maximum Gasteiger partial charge on any atom is 0.143 e. The van der Waals surface area contributed by atoms with Gasteiger partial charge in [0.1, 0.15) is 5.75 Å². The molecule has 3 nitrogen and oxygen atoms in total. The Balaban J connectivity index is 2.12. The second-order valence-corrected chi connectivity index (χ2v) is 6.14. The summed E-state index contributed by atoms with van der Waals surface area (Å²) in [7, 11) is 0. The molecule has 4 heteroatoms. The Labute approximate surface area is 113 Å². The maximum absolute atomic E-state index is 6.17. The van der Waals surface area contributed by atoms with E-state index in [0.29, 0.717) is 11.4 Å². The van der Waals surface area contributed by atoms with E-state index < -0.39 is 0 Å². The van der Waals surface area contributed by atoms with Crippen molar-refractivity contribution in [2.75, 3.05) is 12.3 Å². The lowest BCUT2D eigenvalue weighted by Gasteiger charge is -2.17. The van der Waals surface area contributed by atoms with Gasteiger partial charge >= 0.3 is 0 Å². The van der Waals surface area contributed by atoms with Gasteiger partial charge in [-0.05, 0) is 39.3 Å². The number of hydrogen-bond acceptors (Lipinski definition) is 4. The summed E-state index contributed by atoms with van der Waals surface area (Å²) in [4.78, 5) is 1.09. The Hall–Kier alpha value is -0.870. The van der Waals surface area contributed by atoms with Gasteiger partial charge < -0.3 is 15.2 Å². The molecule has 0 saturated carbocycles. The molecule has 0 aromatic heterocycles. The highest BCUT2D eigenvalue weighted by Crippen LogP contribution is 2.39. The topological polar surface area (TPSA) is 44.5 Å². The Morgan fingerprint density at radius 3 is 2.83 bits per heavy atom. The second kappa shape index (κ2) is 5.85. The summed E-state index contributed by atoms with van der Waals surface area (Å²) < 4.78 is 11.3. The zero-order chi connectivity index (χ0) is 13.1. The van der Waals surface area contributed by atoms with Crippen LogP contribution in [0.1, 0.15) is 27.2 Å². The van der Waals surface area contributed by atoms with Crippen molar-refractivity contribution >= 4 is 17.4 Å². The minimum absolute atomic E-state index is 0.140. The van der Waals surface area contributed by atoms with Crippen LogP contribution in [0.25, 0.3) is 0 Å². The van der Waals surface area contributed by atoms with Crippen molar-refractivity contribution in [3.8, 4) is 5.75 Å². The maximum atomic E-state index is 6.17. The Kier molecular flexibility index (Phi) is 4.40. The molecule has 0 radical (unpaired) electrons. The lowest BCUT2D eigenvalue weighted by atomic mass is 10.2. The van der Waals surface area contributed by atoms with Crippen LogP contribution >= 0.6 is 11.8 Å². The molecule has 1 fully saturated rings. The molecule has 1 aromatic rings. The van der Waals surface area contributed by atoms with Gasteiger partial charge in [-0.25, -0.2) is 0 Å². The highest BCUT2D eigenvalue weighted by molar-refractivity contribution is 8.00. The van der Waals surface area contributed by atoms with Crippen molar-refractivity contribution in [2.24, 2.45) is 0 Å². The number of anilines is 1. The van der Waals surface area contributed by atoms with Crippen molar-refractivity contribution in [3.63, 3.8) is 0 Å². The minimum atomic E-state index is 0.140. The first-order chi connectivity index (χ1) is 8.58. The molecule has 0 spiro atoms. The molecule has 0 bridgehead atoms. The number of nitrogens with two attached hydrogens (primary N) is 1. The fourth-order valence-corrected chi connectivity index (χ4v) is 3.21. The number of hydrogen-bond donors (Lipinski definition) is 1. The summed E-state index contributed by atoms with van der Waals surface area (Å²) in [5, 5.41) is 0.488. The van der Waals surface area contributed by atoms with Crippen LogP contribution < -0.4 is 10.5 Å². The molecule has 2 N–H and O–H groups in total. The smallest absolute Gasteiger partial charge is 0.143 e. The number of benzene rings is 1. The molecule has 100 valence electrons. The Morgan fingerprint density at radius 1 is 1.44 bits per heavy atom. The van der Waals surface area contributed by atoms with E-state index in [1.165, 1.54) is 0 Å². The number of rotatable bonds is 4. The zero-order valence-corrected chi connectivity index (χ0v) is 12.0. The van der Waals surface area contributed by atoms with Gasteiger partial charge in [-0.15, -0.1) is 11.8 Å². The van der Waals surface area contributed by atoms with E-state index in [2.05, 4.69) is 13.0 Å². The summed E-state index contributed by atoms with van der Waals surface area (Å²) in [6.07, 6.45) is 1.52. The van der Waals surface area contributed by atoms with Crippen molar-refractivity contribution in [2.45, 2.75) is 49.5 Å². The van der Waals surface area contributed by atoms with Crippen LogP contribution in [0.4, 0.5) is 5.69 Å². The fourth-order valence-electron chi connectivity index (χ4n) is 2.01. The largest absolute Gasteiger partial charge is 0.489 e. The van der Waals surface area contributed by atoms with E-state index in [9.17, 15) is 0 Å². The molecule has 18 heavy (non-hydrogen) atoms. The van der Waals surface area contributed by atoms with Gasteiger partial charge in [0, 0.05) is 16.8 Å². The third-order valence-electron chi connectivity index (χ3n) is 2.97. The predicted molar refractivity (Wildman–Crippen MR) is 76.3 cm³/mol. The van der Waals surface area contributed by atoms with E-state index in [1.807, 2.05) is 26.0 Å². The summed E-state index contributed by atoms with van der Waals surface area (Å²) >= 11 is 1.80. The first-order valence-corrected chi connectivity index (χ1v) is 7.29. The minimum Gasteiger partial charge on any atom is -0.489 e. The number of nitrogen functional groups attached to an aromatic ring is 1. The highest BCUT2D eigenvalue weighted by Gasteiger charge is 2.26. The van der Waals surface area contributed by atoms with Crippen molar-refractivity contribution in [1.29, 1.82) is 0 Å². The molecule has 1 aliphatic rings. The van der Waals surface area contributed by atoms with Gasteiger partial charge in [0.15, 0.2) is 0 Å². The van der Waals surface area contributed by atoms with Gasteiger partial charge in [0.25, 0.3) is 0 Å². The molecule has 2 unspecified atom stereocenters. The molecule has 1 saturated heterocycles. The molecular formula is C14H21NO2S. The van der Waals surface area contributed by atoms with Crippen molar-refractivity contribution in [1.82, 2.24) is 0 Å². The van der Waals surface area contributed by atoms with Crippen LogP contribution in [0.15, 0.2) is 23.1 Å². The highest BCUT2D eigenvalue weighted by atomic mass is 32.2. The summed E-state index contributed by atoms with van der Waals surface area (Å²) in [6, 6.07) is 5.98. The van der Waals surface area contributed by atoms with Crippen LogP contribution in [-0.4, -0.2) is 24.1 Å². The second-order valence-electron chi connectivity index (χ2n) is 4.86. The zero-order valence-electron chi connectivity index (χ0n) is 11.2. The summed E-state index contributed by atoms with van der Waals surface area (Å²) in [5.41, 5.74) is 6.91. The predicted octanol–water partition coefficient (Wildman–Crippen LogP) is 3.33. The van der Waals surface area contributed by atoms with E-state index >= 15 is 0 Å². The third kappa shape index (κ3) is 3.12. The van der Waals surface area contributed by atoms with Crippen LogP contribution in [0.2, 0.25) is 0 Å². The quantitative estimate of drug-likeness (QED) is 0.850. The summed E-state index contributed by atoms with van der Waals surface area (Å²) in [6.45, 7) is 6.98. The lowest BCUT2D eigenvalue weighted by molar-refractivity contribution is 0.127. The molecular weight excluding hydrogens is 246 g/mol. The molecule has 1 aliphatic heterocycles. The first kappa shape index (κ1) is 13.6. The average Bonchev–Trinajstić information content (AvgIpc) is 2.70. The van der Waals surface area contributed by atoms with E-state index in [0.717, 1.165) is 29.4 Å². The van der Waals surface area contributed by atoms with E-state index in [1.54, 1.807) is 11.8 Å². The normalized spacial score (nSPS) is 23.6. The van der Waals surface area contributed by atoms with Crippen LogP contribution in [-0.2, 0) is 4.74 Å². The number of ether oxygens (including phenoxy) is 2. The van der Waals surface area contributed by atoms with Gasteiger partial charge in [-0.3, -0.25) is 0 Å². The van der Waals surface area contributed by atoms with E-state index in [-0.39, 0.29) is 6.10 Å². The number of para-hydroxylation sites is 1. The molecule has 2 atom stereocenters. The van der Waals surface area contributed by atoms with Gasteiger partial charge in [0.2, 0.25) is 0 Å². The molecule has 1 heterocycles. The lowest BCUT2D eigenvalue weighted by Crippen LogP contribution is -2.13. The Morgan fingerprint density at radius 2 is 2.22 bits per heavy atom. The van der Waals surface area contributed by atoms with Crippen LogP contribution in [0.5, 0.6) is 5.75 Å². The van der Waals surface area contributed by atoms with Gasteiger partial charge in [0.05, 0.1) is 17.9 Å². The van der Waals surface area contributed by atoms with Crippen molar-refractivity contribution in [3.05, 3.63) is 18.2 Å². The van der Waals surface area contributed by atoms with Gasteiger partial charge in [-0.1, -0.05) is 6.07 Å². The average molecular weight is 267 g/mol. The van der Waals surface area contributed by atoms with Crippen LogP contribution in [0.3, 0.4) is 0 Å².